The second-order valence-electron chi connectivity index (χ2n) is 5.59. The van der Waals surface area contributed by atoms with Gasteiger partial charge in [-0.25, -0.2) is 0 Å². The summed E-state index contributed by atoms with van der Waals surface area (Å²) in [5, 5.41) is 9.59. The fraction of sp³-hybridized carbons (Fsp3) is 0.600. The molecule has 0 saturated carbocycles. The second kappa shape index (κ2) is 6.84. The normalized spacial score (nSPS) is 24.9. The standard InChI is InChI=1S/C15H23BrN2O/c1-17(2)15-7-8-18(10-13(15)11-19)9-12-5-3-4-6-14(12)16/h3-6,13,15,19H,7-11H2,1-2H3. The molecular formula is C15H23BrN2O. The van der Waals surface area contributed by atoms with E-state index in [4.69, 9.17) is 0 Å². The zero-order chi connectivity index (χ0) is 13.8. The van der Waals surface area contributed by atoms with Gasteiger partial charge in [-0.1, -0.05) is 34.1 Å². The van der Waals surface area contributed by atoms with Crippen LogP contribution in [0.4, 0.5) is 0 Å². The Morgan fingerprint density at radius 3 is 2.74 bits per heavy atom. The predicted molar refractivity (Wildman–Crippen MR) is 82.1 cm³/mol. The molecule has 0 spiro atoms. The van der Waals surface area contributed by atoms with E-state index in [1.54, 1.807) is 0 Å². The van der Waals surface area contributed by atoms with Crippen molar-refractivity contribution in [3.8, 4) is 0 Å². The maximum atomic E-state index is 9.59. The number of piperidine rings is 1. The Bertz CT molecular complexity index is 411. The molecule has 0 amide bonds. The van der Waals surface area contributed by atoms with Crippen LogP contribution in [0.1, 0.15) is 12.0 Å². The first-order valence-corrected chi connectivity index (χ1v) is 7.64. The molecule has 106 valence electrons. The summed E-state index contributed by atoms with van der Waals surface area (Å²) in [4.78, 5) is 4.69. The fourth-order valence-corrected chi connectivity index (χ4v) is 3.38. The molecule has 1 saturated heterocycles. The molecule has 1 aromatic rings. The number of aliphatic hydroxyl groups excluding tert-OH is 1. The molecule has 2 atom stereocenters. The second-order valence-corrected chi connectivity index (χ2v) is 6.44. The van der Waals surface area contributed by atoms with Gasteiger partial charge >= 0.3 is 0 Å². The first-order valence-electron chi connectivity index (χ1n) is 6.85. The van der Waals surface area contributed by atoms with E-state index in [1.165, 1.54) is 10.0 Å². The topological polar surface area (TPSA) is 26.7 Å². The highest BCUT2D eigenvalue weighted by Crippen LogP contribution is 2.24. The van der Waals surface area contributed by atoms with Crippen LogP contribution in [0.5, 0.6) is 0 Å². The average molecular weight is 327 g/mol. The molecule has 1 aliphatic heterocycles. The molecule has 0 aromatic heterocycles. The molecular weight excluding hydrogens is 304 g/mol. The highest BCUT2D eigenvalue weighted by molar-refractivity contribution is 9.10. The molecule has 0 bridgehead atoms. The van der Waals surface area contributed by atoms with Crippen molar-refractivity contribution < 1.29 is 5.11 Å². The Morgan fingerprint density at radius 1 is 1.37 bits per heavy atom. The lowest BCUT2D eigenvalue weighted by Crippen LogP contribution is -2.49. The molecule has 1 N–H and O–H groups in total. The summed E-state index contributed by atoms with van der Waals surface area (Å²) in [6.45, 7) is 3.30. The molecule has 2 rings (SSSR count). The summed E-state index contributed by atoms with van der Waals surface area (Å²) < 4.78 is 1.17. The van der Waals surface area contributed by atoms with Crippen LogP contribution in [0, 0.1) is 5.92 Å². The minimum absolute atomic E-state index is 0.273. The summed E-state index contributed by atoms with van der Waals surface area (Å²) in [6.07, 6.45) is 1.13. The van der Waals surface area contributed by atoms with E-state index < -0.39 is 0 Å². The molecule has 1 aliphatic rings. The largest absolute Gasteiger partial charge is 0.396 e. The van der Waals surface area contributed by atoms with Crippen molar-refractivity contribution in [2.24, 2.45) is 5.92 Å². The minimum atomic E-state index is 0.273. The molecule has 1 heterocycles. The number of nitrogens with zero attached hydrogens (tertiary/aromatic N) is 2. The number of hydrogen-bond donors (Lipinski definition) is 1. The molecule has 0 aliphatic carbocycles. The monoisotopic (exact) mass is 326 g/mol. The summed E-state index contributed by atoms with van der Waals surface area (Å²) in [7, 11) is 4.22. The Kier molecular flexibility index (Phi) is 5.39. The smallest absolute Gasteiger partial charge is 0.0486 e. The van der Waals surface area contributed by atoms with Crippen LogP contribution in [0.15, 0.2) is 28.7 Å². The molecule has 19 heavy (non-hydrogen) atoms. The van der Waals surface area contributed by atoms with Gasteiger partial charge in [-0.05, 0) is 38.7 Å². The van der Waals surface area contributed by atoms with Crippen molar-refractivity contribution in [2.75, 3.05) is 33.8 Å². The first kappa shape index (κ1) is 15.0. The molecule has 1 fully saturated rings. The highest BCUT2D eigenvalue weighted by atomic mass is 79.9. The minimum Gasteiger partial charge on any atom is -0.396 e. The SMILES string of the molecule is CN(C)C1CCN(Cc2ccccc2Br)CC1CO. The third-order valence-corrected chi connectivity index (χ3v) is 4.80. The Hall–Kier alpha value is -0.420. The third-order valence-electron chi connectivity index (χ3n) is 4.03. The number of benzene rings is 1. The van der Waals surface area contributed by atoms with E-state index in [2.05, 4.69) is 58.0 Å². The van der Waals surface area contributed by atoms with Crippen LogP contribution in [0.25, 0.3) is 0 Å². The van der Waals surface area contributed by atoms with E-state index in [0.717, 1.165) is 26.1 Å². The van der Waals surface area contributed by atoms with Crippen molar-refractivity contribution in [1.29, 1.82) is 0 Å². The van der Waals surface area contributed by atoms with Gasteiger partial charge in [-0.15, -0.1) is 0 Å². The summed E-state index contributed by atoms with van der Waals surface area (Å²) >= 11 is 3.61. The Labute approximate surface area is 124 Å². The molecule has 1 aromatic carbocycles. The van der Waals surface area contributed by atoms with Gasteiger partial charge in [0.15, 0.2) is 0 Å². The Morgan fingerprint density at radius 2 is 2.11 bits per heavy atom. The third kappa shape index (κ3) is 3.78. The van der Waals surface area contributed by atoms with E-state index in [0.29, 0.717) is 12.0 Å². The first-order chi connectivity index (χ1) is 9.11. The number of halogens is 1. The summed E-state index contributed by atoms with van der Waals surface area (Å²) in [6, 6.07) is 8.88. The van der Waals surface area contributed by atoms with Crippen LogP contribution in [0.2, 0.25) is 0 Å². The molecule has 2 unspecified atom stereocenters. The summed E-state index contributed by atoms with van der Waals surface area (Å²) in [5.74, 6) is 0.353. The van der Waals surface area contributed by atoms with Gasteiger partial charge in [0, 0.05) is 36.1 Å². The molecule has 4 heteroatoms. The molecule has 3 nitrogen and oxygen atoms in total. The van der Waals surface area contributed by atoms with Gasteiger partial charge < -0.3 is 10.0 Å². The highest BCUT2D eigenvalue weighted by Gasteiger charge is 2.30. The predicted octanol–water partition coefficient (Wildman–Crippen LogP) is 2.19. The lowest BCUT2D eigenvalue weighted by molar-refractivity contribution is 0.0454. The quantitative estimate of drug-likeness (QED) is 0.918. The van der Waals surface area contributed by atoms with Crippen LogP contribution < -0.4 is 0 Å². The zero-order valence-electron chi connectivity index (χ0n) is 11.7. The number of aliphatic hydroxyl groups is 1. The van der Waals surface area contributed by atoms with Gasteiger partial charge in [0.2, 0.25) is 0 Å². The lowest BCUT2D eigenvalue weighted by atomic mass is 9.91. The molecule has 0 radical (unpaired) electrons. The average Bonchev–Trinajstić information content (AvgIpc) is 2.41. The van der Waals surface area contributed by atoms with Gasteiger partial charge in [0.25, 0.3) is 0 Å². The van der Waals surface area contributed by atoms with E-state index in [1.807, 2.05) is 6.07 Å². The van der Waals surface area contributed by atoms with Crippen molar-refractivity contribution in [1.82, 2.24) is 9.80 Å². The van der Waals surface area contributed by atoms with Crippen LogP contribution in [-0.4, -0.2) is 54.7 Å². The maximum Gasteiger partial charge on any atom is 0.0486 e. The van der Waals surface area contributed by atoms with Gasteiger partial charge in [-0.2, -0.15) is 0 Å². The zero-order valence-corrected chi connectivity index (χ0v) is 13.3. The van der Waals surface area contributed by atoms with Gasteiger partial charge in [-0.3, -0.25) is 4.90 Å². The van der Waals surface area contributed by atoms with Crippen LogP contribution in [-0.2, 0) is 6.54 Å². The van der Waals surface area contributed by atoms with Crippen molar-refractivity contribution in [3.63, 3.8) is 0 Å². The number of likely N-dealkylation sites (tertiary alicyclic amines) is 1. The van der Waals surface area contributed by atoms with Crippen molar-refractivity contribution in [3.05, 3.63) is 34.3 Å². The number of rotatable bonds is 4. The van der Waals surface area contributed by atoms with Crippen molar-refractivity contribution in [2.45, 2.75) is 19.0 Å². The van der Waals surface area contributed by atoms with Gasteiger partial charge in [0.1, 0.15) is 0 Å². The number of hydrogen-bond acceptors (Lipinski definition) is 3. The maximum absolute atomic E-state index is 9.59. The van der Waals surface area contributed by atoms with Crippen molar-refractivity contribution >= 4 is 15.9 Å². The van der Waals surface area contributed by atoms with E-state index in [-0.39, 0.29) is 6.61 Å². The van der Waals surface area contributed by atoms with E-state index in [9.17, 15) is 5.11 Å². The van der Waals surface area contributed by atoms with E-state index >= 15 is 0 Å². The van der Waals surface area contributed by atoms with Gasteiger partial charge in [0.05, 0.1) is 0 Å². The van der Waals surface area contributed by atoms with Crippen LogP contribution >= 0.6 is 15.9 Å². The summed E-state index contributed by atoms with van der Waals surface area (Å²) in [5.41, 5.74) is 1.32. The lowest BCUT2D eigenvalue weighted by Gasteiger charge is -2.41. The Balaban J connectivity index is 1.99. The fourth-order valence-electron chi connectivity index (χ4n) is 2.97. The van der Waals surface area contributed by atoms with Crippen LogP contribution in [0.3, 0.4) is 0 Å².